The molecule has 0 radical (unpaired) electrons. The van der Waals surface area contributed by atoms with Crippen molar-refractivity contribution in [1.29, 1.82) is 0 Å². The molecule has 2 rings (SSSR count). The lowest BCUT2D eigenvalue weighted by Gasteiger charge is -2.08. The smallest absolute Gasteiger partial charge is 0.167 e. The van der Waals surface area contributed by atoms with E-state index in [1.807, 2.05) is 20.8 Å². The van der Waals surface area contributed by atoms with Gasteiger partial charge in [0.2, 0.25) is 0 Å². The number of anilines is 1. The van der Waals surface area contributed by atoms with Crippen LogP contribution in [0.15, 0.2) is 10.7 Å². The Morgan fingerprint density at radius 1 is 1.33 bits per heavy atom. The molecule has 2 aromatic rings. The minimum Gasteiger partial charge on any atom is -0.395 e. The van der Waals surface area contributed by atoms with Gasteiger partial charge in [0.15, 0.2) is 5.82 Å². The lowest BCUT2D eigenvalue weighted by molar-refractivity contribution is 0.311. The third kappa shape index (κ3) is 2.33. The van der Waals surface area contributed by atoms with Gasteiger partial charge in [0.05, 0.1) is 17.9 Å². The molecule has 0 spiro atoms. The molecule has 0 fully saturated rings. The Balaban J connectivity index is 2.40. The van der Waals surface area contributed by atoms with Gasteiger partial charge in [-0.15, -0.1) is 0 Å². The fraction of sp³-hybridized carbons (Fsp3) is 0.417. The van der Waals surface area contributed by atoms with Gasteiger partial charge in [-0.25, -0.2) is 9.97 Å². The third-order valence-electron chi connectivity index (χ3n) is 2.63. The van der Waals surface area contributed by atoms with Crippen LogP contribution in [0.4, 0.5) is 5.82 Å². The standard InChI is InChI=1S/C12H16N4O2/c1-7-6-14-12(15-11(7)13-4-5-17)10-8(2)16-18-9(10)3/h6,17H,4-5H2,1-3H3,(H,13,14,15). The second kappa shape index (κ2) is 5.14. The van der Waals surface area contributed by atoms with Crippen molar-refractivity contribution in [1.82, 2.24) is 15.1 Å². The first-order valence-electron chi connectivity index (χ1n) is 5.75. The molecule has 0 bridgehead atoms. The van der Waals surface area contributed by atoms with Crippen molar-refractivity contribution in [3.05, 3.63) is 23.2 Å². The molecule has 6 heteroatoms. The summed E-state index contributed by atoms with van der Waals surface area (Å²) in [6, 6.07) is 0. The summed E-state index contributed by atoms with van der Waals surface area (Å²) < 4.78 is 5.11. The van der Waals surface area contributed by atoms with Crippen LogP contribution in [0, 0.1) is 20.8 Å². The number of hydrogen-bond donors (Lipinski definition) is 2. The highest BCUT2D eigenvalue weighted by atomic mass is 16.5. The first-order valence-corrected chi connectivity index (χ1v) is 5.75. The van der Waals surface area contributed by atoms with Gasteiger partial charge in [0.25, 0.3) is 0 Å². The maximum atomic E-state index is 8.83. The average Bonchev–Trinajstić information content (AvgIpc) is 2.68. The van der Waals surface area contributed by atoms with Crippen LogP contribution >= 0.6 is 0 Å². The molecular formula is C12H16N4O2. The van der Waals surface area contributed by atoms with Crippen LogP contribution < -0.4 is 5.32 Å². The Morgan fingerprint density at radius 2 is 2.11 bits per heavy atom. The molecule has 0 aliphatic heterocycles. The summed E-state index contributed by atoms with van der Waals surface area (Å²) in [6.07, 6.45) is 1.74. The number of nitrogens with zero attached hydrogens (tertiary/aromatic N) is 3. The number of aliphatic hydroxyl groups is 1. The zero-order valence-corrected chi connectivity index (χ0v) is 10.7. The largest absolute Gasteiger partial charge is 0.395 e. The summed E-state index contributed by atoms with van der Waals surface area (Å²) in [5, 5.41) is 15.8. The van der Waals surface area contributed by atoms with Crippen molar-refractivity contribution in [3.8, 4) is 11.4 Å². The number of hydrogen-bond acceptors (Lipinski definition) is 6. The number of aromatic nitrogens is 3. The maximum absolute atomic E-state index is 8.83. The quantitative estimate of drug-likeness (QED) is 0.852. The first-order chi connectivity index (χ1) is 8.63. The Hall–Kier alpha value is -1.95. The van der Waals surface area contributed by atoms with Crippen LogP contribution in [0.3, 0.4) is 0 Å². The number of nitrogens with one attached hydrogen (secondary N) is 1. The molecule has 0 aliphatic carbocycles. The highest BCUT2D eigenvalue weighted by molar-refractivity contribution is 5.62. The normalized spacial score (nSPS) is 10.7. The Bertz CT molecular complexity index is 532. The van der Waals surface area contributed by atoms with Gasteiger partial charge in [0.1, 0.15) is 11.6 Å². The zero-order chi connectivity index (χ0) is 13.1. The highest BCUT2D eigenvalue weighted by Gasteiger charge is 2.15. The van der Waals surface area contributed by atoms with Gasteiger partial charge < -0.3 is 14.9 Å². The van der Waals surface area contributed by atoms with E-state index < -0.39 is 0 Å². The second-order valence-electron chi connectivity index (χ2n) is 4.07. The first kappa shape index (κ1) is 12.5. The van der Waals surface area contributed by atoms with Crippen molar-refractivity contribution in [3.63, 3.8) is 0 Å². The van der Waals surface area contributed by atoms with Gasteiger partial charge in [-0.3, -0.25) is 0 Å². The van der Waals surface area contributed by atoms with E-state index in [0.717, 1.165) is 16.8 Å². The minimum absolute atomic E-state index is 0.0596. The van der Waals surface area contributed by atoms with Crippen molar-refractivity contribution in [2.45, 2.75) is 20.8 Å². The van der Waals surface area contributed by atoms with Crippen LogP contribution in [0.5, 0.6) is 0 Å². The summed E-state index contributed by atoms with van der Waals surface area (Å²) in [6.45, 7) is 6.12. The fourth-order valence-electron chi connectivity index (χ4n) is 1.72. The Labute approximate surface area is 105 Å². The summed E-state index contributed by atoms with van der Waals surface area (Å²) in [4.78, 5) is 8.74. The van der Waals surface area contributed by atoms with Gasteiger partial charge >= 0.3 is 0 Å². The second-order valence-corrected chi connectivity index (χ2v) is 4.07. The van der Waals surface area contributed by atoms with Gasteiger partial charge in [-0.2, -0.15) is 0 Å². The summed E-state index contributed by atoms with van der Waals surface area (Å²) >= 11 is 0. The van der Waals surface area contributed by atoms with Crippen LogP contribution in [-0.4, -0.2) is 33.4 Å². The number of rotatable bonds is 4. The lowest BCUT2D eigenvalue weighted by Crippen LogP contribution is -2.09. The van der Waals surface area contributed by atoms with E-state index in [0.29, 0.717) is 23.9 Å². The predicted molar refractivity (Wildman–Crippen MR) is 67.3 cm³/mol. The van der Waals surface area contributed by atoms with E-state index in [1.54, 1.807) is 6.20 Å². The molecule has 18 heavy (non-hydrogen) atoms. The van der Waals surface area contributed by atoms with Gasteiger partial charge in [-0.1, -0.05) is 5.16 Å². The summed E-state index contributed by atoms with van der Waals surface area (Å²) in [5.74, 6) is 2.00. The van der Waals surface area contributed by atoms with Crippen molar-refractivity contribution in [2.24, 2.45) is 0 Å². The van der Waals surface area contributed by atoms with E-state index in [1.165, 1.54) is 0 Å². The van der Waals surface area contributed by atoms with Gasteiger partial charge in [0, 0.05) is 18.3 Å². The van der Waals surface area contributed by atoms with Crippen molar-refractivity contribution < 1.29 is 9.63 Å². The van der Waals surface area contributed by atoms with E-state index in [2.05, 4.69) is 20.4 Å². The topological polar surface area (TPSA) is 84.1 Å². The number of aliphatic hydroxyl groups excluding tert-OH is 1. The van der Waals surface area contributed by atoms with Crippen molar-refractivity contribution >= 4 is 5.82 Å². The molecule has 0 aromatic carbocycles. The van der Waals surface area contributed by atoms with Crippen LogP contribution in [-0.2, 0) is 0 Å². The van der Waals surface area contributed by atoms with Crippen LogP contribution in [0.2, 0.25) is 0 Å². The molecule has 6 nitrogen and oxygen atoms in total. The van der Waals surface area contributed by atoms with Crippen molar-refractivity contribution in [2.75, 3.05) is 18.5 Å². The van der Waals surface area contributed by atoms with E-state index >= 15 is 0 Å². The molecule has 0 saturated heterocycles. The molecule has 2 heterocycles. The third-order valence-corrected chi connectivity index (χ3v) is 2.63. The van der Waals surface area contributed by atoms with E-state index in [-0.39, 0.29) is 6.61 Å². The SMILES string of the molecule is Cc1cnc(-c2c(C)noc2C)nc1NCCO. The molecule has 0 saturated carbocycles. The molecule has 0 unspecified atom stereocenters. The minimum atomic E-state index is 0.0596. The Kier molecular flexibility index (Phi) is 3.57. The van der Waals surface area contributed by atoms with Crippen LogP contribution in [0.25, 0.3) is 11.4 Å². The summed E-state index contributed by atoms with van der Waals surface area (Å²) in [5.41, 5.74) is 2.52. The van der Waals surface area contributed by atoms with Gasteiger partial charge in [-0.05, 0) is 20.8 Å². The predicted octanol–water partition coefficient (Wildman–Crippen LogP) is 1.46. The maximum Gasteiger partial charge on any atom is 0.167 e. The van der Waals surface area contributed by atoms with Crippen LogP contribution in [0.1, 0.15) is 17.0 Å². The molecule has 0 amide bonds. The molecule has 0 atom stereocenters. The van der Waals surface area contributed by atoms with E-state index in [4.69, 9.17) is 9.63 Å². The fourth-order valence-corrected chi connectivity index (χ4v) is 1.72. The average molecular weight is 248 g/mol. The monoisotopic (exact) mass is 248 g/mol. The van der Waals surface area contributed by atoms with E-state index in [9.17, 15) is 0 Å². The molecule has 0 aliphatic rings. The molecular weight excluding hydrogens is 232 g/mol. The highest BCUT2D eigenvalue weighted by Crippen LogP contribution is 2.25. The number of aryl methyl sites for hydroxylation is 3. The summed E-state index contributed by atoms with van der Waals surface area (Å²) in [7, 11) is 0. The zero-order valence-electron chi connectivity index (χ0n) is 10.7. The molecule has 2 N–H and O–H groups in total. The molecule has 96 valence electrons. The lowest BCUT2D eigenvalue weighted by atomic mass is 10.2. The molecule has 2 aromatic heterocycles. The Morgan fingerprint density at radius 3 is 2.72 bits per heavy atom.